The smallest absolute Gasteiger partial charge is 0.337 e. The van der Waals surface area contributed by atoms with E-state index in [1.165, 1.54) is 26.3 Å². The van der Waals surface area contributed by atoms with Crippen LogP contribution in [0, 0.1) is 0 Å². The number of esters is 1. The topological polar surface area (TPSA) is 84.0 Å². The molecule has 0 atom stereocenters. The monoisotopic (exact) mass is 354 g/mol. The highest BCUT2D eigenvalue weighted by molar-refractivity contribution is 9.10. The van der Waals surface area contributed by atoms with Crippen molar-refractivity contribution in [1.82, 2.24) is 9.80 Å². The van der Waals surface area contributed by atoms with E-state index in [1.54, 1.807) is 6.07 Å². The van der Waals surface area contributed by atoms with E-state index >= 15 is 0 Å². The molecule has 0 N–H and O–H groups in total. The minimum absolute atomic E-state index is 0.0597. The third kappa shape index (κ3) is 2.66. The number of imide groups is 2. The molecule has 21 heavy (non-hydrogen) atoms. The number of carbonyl (C=O) groups excluding carboxylic acids is 4. The summed E-state index contributed by atoms with van der Waals surface area (Å²) in [5, 5.41) is 0. The number of nitrogens with zero attached hydrogens (tertiary/aromatic N) is 2. The lowest BCUT2D eigenvalue weighted by Crippen LogP contribution is -2.31. The summed E-state index contributed by atoms with van der Waals surface area (Å²) in [6, 6.07) is 3.95. The summed E-state index contributed by atoms with van der Waals surface area (Å²) in [7, 11) is 2.52. The normalized spacial score (nSPS) is 14.9. The molecule has 1 aliphatic rings. The van der Waals surface area contributed by atoms with Crippen LogP contribution in [0.2, 0.25) is 0 Å². The van der Waals surface area contributed by atoms with Gasteiger partial charge in [-0.3, -0.25) is 19.4 Å². The molecule has 7 nitrogen and oxygen atoms in total. The summed E-state index contributed by atoms with van der Waals surface area (Å²) < 4.78 is 5.13. The van der Waals surface area contributed by atoms with Crippen LogP contribution in [0.25, 0.3) is 0 Å². The Labute approximate surface area is 128 Å². The number of halogens is 1. The molecule has 0 radical (unpaired) electrons. The van der Waals surface area contributed by atoms with Gasteiger partial charge in [-0.15, -0.1) is 0 Å². The first kappa shape index (κ1) is 15.2. The van der Waals surface area contributed by atoms with E-state index in [0.717, 1.165) is 9.80 Å². The predicted molar refractivity (Wildman–Crippen MR) is 74.2 cm³/mol. The van der Waals surface area contributed by atoms with E-state index in [0.29, 0.717) is 15.6 Å². The van der Waals surface area contributed by atoms with Gasteiger partial charge in [0.2, 0.25) is 0 Å². The molecule has 0 spiro atoms. The van der Waals surface area contributed by atoms with Gasteiger partial charge in [0, 0.05) is 11.5 Å². The van der Waals surface area contributed by atoms with Gasteiger partial charge in [0.1, 0.15) is 0 Å². The fourth-order valence-electron chi connectivity index (χ4n) is 1.84. The minimum atomic E-state index is -0.869. The summed E-state index contributed by atoms with van der Waals surface area (Å²) in [6.07, 6.45) is 0. The van der Waals surface area contributed by atoms with Crippen molar-refractivity contribution >= 4 is 39.7 Å². The van der Waals surface area contributed by atoms with E-state index in [4.69, 9.17) is 0 Å². The molecule has 2 rings (SSSR count). The molecule has 4 amide bonds. The molecular formula is C13H11BrN2O5. The Hall–Kier alpha value is -2.22. The first-order chi connectivity index (χ1) is 9.86. The summed E-state index contributed by atoms with van der Waals surface area (Å²) in [5.41, 5.74) is 0.924. The van der Waals surface area contributed by atoms with Crippen LogP contribution < -0.4 is 0 Å². The van der Waals surface area contributed by atoms with Gasteiger partial charge >= 0.3 is 23.8 Å². The molecule has 110 valence electrons. The molecule has 0 unspecified atom stereocenters. The number of likely N-dealkylation sites (N-methyl/N-ethyl adjacent to an activating group) is 1. The number of rotatable bonds is 3. The van der Waals surface area contributed by atoms with Crippen LogP contribution in [0.15, 0.2) is 22.7 Å². The van der Waals surface area contributed by atoms with E-state index < -0.39 is 23.8 Å². The van der Waals surface area contributed by atoms with Crippen LogP contribution in [0.1, 0.15) is 15.9 Å². The maximum atomic E-state index is 11.8. The third-order valence-corrected chi connectivity index (χ3v) is 3.79. The molecule has 8 heteroatoms. The Balaban J connectivity index is 2.25. The number of benzene rings is 1. The number of hydrogen-bond acceptors (Lipinski definition) is 5. The van der Waals surface area contributed by atoms with Crippen molar-refractivity contribution in [2.75, 3.05) is 14.2 Å². The SMILES string of the molecule is COC(=O)c1ccc(CN2C(=O)C(=O)N(C)C2=O)c(Br)c1. The fraction of sp³-hybridized carbons (Fsp3) is 0.231. The lowest BCUT2D eigenvalue weighted by molar-refractivity contribution is -0.143. The Morgan fingerprint density at radius 1 is 1.24 bits per heavy atom. The van der Waals surface area contributed by atoms with Crippen LogP contribution in [-0.2, 0) is 20.9 Å². The number of carbonyl (C=O) groups is 4. The fourth-order valence-corrected chi connectivity index (χ4v) is 2.35. The van der Waals surface area contributed by atoms with E-state index in [-0.39, 0.29) is 6.54 Å². The average Bonchev–Trinajstić information content (AvgIpc) is 2.66. The van der Waals surface area contributed by atoms with E-state index in [1.807, 2.05) is 0 Å². The molecule has 1 saturated heterocycles. The van der Waals surface area contributed by atoms with Crippen LogP contribution in [-0.4, -0.2) is 47.8 Å². The van der Waals surface area contributed by atoms with Crippen molar-refractivity contribution in [2.24, 2.45) is 0 Å². The largest absolute Gasteiger partial charge is 0.465 e. The van der Waals surface area contributed by atoms with Crippen molar-refractivity contribution in [1.29, 1.82) is 0 Å². The standard InChI is InChI=1S/C13H11BrN2O5/c1-15-10(17)11(18)16(13(15)20)6-8-4-3-7(5-9(8)14)12(19)21-2/h3-5H,6H2,1-2H3. The number of methoxy groups -OCH3 is 1. The van der Waals surface area contributed by atoms with Crippen molar-refractivity contribution in [3.63, 3.8) is 0 Å². The molecule has 0 aromatic heterocycles. The van der Waals surface area contributed by atoms with Crippen LogP contribution in [0.4, 0.5) is 4.79 Å². The zero-order valence-electron chi connectivity index (χ0n) is 11.3. The van der Waals surface area contributed by atoms with Gasteiger partial charge < -0.3 is 4.74 Å². The second kappa shape index (κ2) is 5.65. The minimum Gasteiger partial charge on any atom is -0.465 e. The van der Waals surface area contributed by atoms with Crippen molar-refractivity contribution in [2.45, 2.75) is 6.54 Å². The summed E-state index contributed by atoms with van der Waals surface area (Å²) in [6.45, 7) is -0.0597. The van der Waals surface area contributed by atoms with Gasteiger partial charge in [-0.1, -0.05) is 22.0 Å². The molecule has 1 heterocycles. The second-order valence-electron chi connectivity index (χ2n) is 4.34. The molecule has 0 saturated carbocycles. The highest BCUT2D eigenvalue weighted by Crippen LogP contribution is 2.23. The van der Waals surface area contributed by atoms with Gasteiger partial charge in [0.15, 0.2) is 0 Å². The molecular weight excluding hydrogens is 344 g/mol. The highest BCUT2D eigenvalue weighted by atomic mass is 79.9. The van der Waals surface area contributed by atoms with E-state index in [2.05, 4.69) is 20.7 Å². The molecule has 1 fully saturated rings. The first-order valence-electron chi connectivity index (χ1n) is 5.87. The predicted octanol–water partition coefficient (Wildman–Crippen LogP) is 1.16. The van der Waals surface area contributed by atoms with Gasteiger partial charge in [-0.25, -0.2) is 9.59 Å². The number of urea groups is 1. The Morgan fingerprint density at radius 2 is 1.90 bits per heavy atom. The summed E-state index contributed by atoms with van der Waals surface area (Å²) >= 11 is 3.27. The Bertz CT molecular complexity index is 658. The van der Waals surface area contributed by atoms with Gasteiger partial charge in [0.25, 0.3) is 0 Å². The third-order valence-electron chi connectivity index (χ3n) is 3.05. The van der Waals surface area contributed by atoms with Gasteiger partial charge in [-0.2, -0.15) is 0 Å². The first-order valence-corrected chi connectivity index (χ1v) is 6.66. The molecule has 1 aliphatic heterocycles. The van der Waals surface area contributed by atoms with Crippen molar-refractivity contribution < 1.29 is 23.9 Å². The second-order valence-corrected chi connectivity index (χ2v) is 5.19. The van der Waals surface area contributed by atoms with E-state index in [9.17, 15) is 19.2 Å². The highest BCUT2D eigenvalue weighted by Gasteiger charge is 2.42. The maximum Gasteiger partial charge on any atom is 0.337 e. The summed E-state index contributed by atoms with van der Waals surface area (Å²) in [5.74, 6) is -2.22. The number of ether oxygens (including phenoxy) is 1. The lowest BCUT2D eigenvalue weighted by Gasteiger charge is -2.14. The van der Waals surface area contributed by atoms with Crippen LogP contribution in [0.5, 0.6) is 0 Å². The Kier molecular flexibility index (Phi) is 4.08. The van der Waals surface area contributed by atoms with Gasteiger partial charge in [0.05, 0.1) is 19.2 Å². The Morgan fingerprint density at radius 3 is 2.38 bits per heavy atom. The number of hydrogen-bond donors (Lipinski definition) is 0. The molecule has 0 bridgehead atoms. The van der Waals surface area contributed by atoms with Crippen molar-refractivity contribution in [3.05, 3.63) is 33.8 Å². The van der Waals surface area contributed by atoms with Gasteiger partial charge in [-0.05, 0) is 17.7 Å². The maximum absolute atomic E-state index is 11.8. The molecule has 1 aromatic rings. The lowest BCUT2D eigenvalue weighted by atomic mass is 10.1. The van der Waals surface area contributed by atoms with Crippen molar-refractivity contribution in [3.8, 4) is 0 Å². The average molecular weight is 355 g/mol. The molecule has 1 aromatic carbocycles. The zero-order chi connectivity index (χ0) is 15.7. The van der Waals surface area contributed by atoms with Crippen LogP contribution in [0.3, 0.4) is 0 Å². The number of amides is 4. The molecule has 0 aliphatic carbocycles. The van der Waals surface area contributed by atoms with Crippen LogP contribution >= 0.6 is 15.9 Å². The quantitative estimate of drug-likeness (QED) is 0.462. The zero-order valence-corrected chi connectivity index (χ0v) is 12.8. The summed E-state index contributed by atoms with van der Waals surface area (Å²) in [4.78, 5) is 47.9.